The van der Waals surface area contributed by atoms with Crippen LogP contribution in [0.4, 0.5) is 10.1 Å². The zero-order valence-corrected chi connectivity index (χ0v) is 34.7. The highest BCUT2D eigenvalue weighted by Gasteiger charge is 2.33. The highest BCUT2D eigenvalue weighted by atomic mass is 32.2. The van der Waals surface area contributed by atoms with Crippen LogP contribution in [-0.2, 0) is 49.8 Å². The van der Waals surface area contributed by atoms with Crippen LogP contribution in [0.5, 0.6) is 0 Å². The van der Waals surface area contributed by atoms with Gasteiger partial charge in [0, 0.05) is 35.7 Å². The predicted octanol–water partition coefficient (Wildman–Crippen LogP) is 5.71. The molecular formula is C43H51FN2O13S. The van der Waals surface area contributed by atoms with E-state index in [0.29, 0.717) is 67.4 Å². The molecule has 4 aromatic rings. The number of nitrogens with zero attached hydrogens (tertiary/aromatic N) is 1. The van der Waals surface area contributed by atoms with Crippen LogP contribution in [0.25, 0.3) is 22.3 Å². The first-order chi connectivity index (χ1) is 28.9. The summed E-state index contributed by atoms with van der Waals surface area (Å²) in [5.41, 5.74) is 3.42. The van der Waals surface area contributed by atoms with Gasteiger partial charge in [-0.3, -0.25) is 13.9 Å². The molecule has 5 rings (SSSR count). The van der Waals surface area contributed by atoms with Crippen molar-refractivity contribution < 1.29 is 65.1 Å². The van der Waals surface area contributed by atoms with Gasteiger partial charge in [0.15, 0.2) is 5.78 Å². The first kappa shape index (κ1) is 45.9. The average Bonchev–Trinajstić information content (AvgIpc) is 4.01. The van der Waals surface area contributed by atoms with E-state index in [1.54, 1.807) is 37.3 Å². The van der Waals surface area contributed by atoms with Crippen LogP contribution in [0.1, 0.15) is 57.5 Å². The minimum absolute atomic E-state index is 0.0456. The number of amides is 1. The summed E-state index contributed by atoms with van der Waals surface area (Å²) < 4.78 is 80.1. The largest absolute Gasteiger partial charge is 0.502 e. The number of sulfonamides is 1. The minimum Gasteiger partial charge on any atom is -0.502 e. The maximum absolute atomic E-state index is 13.7. The number of anilines is 1. The van der Waals surface area contributed by atoms with Crippen LogP contribution in [-0.4, -0.2) is 117 Å². The lowest BCUT2D eigenvalue weighted by atomic mass is 10.0. The molecule has 1 aliphatic rings. The zero-order chi connectivity index (χ0) is 43.1. The van der Waals surface area contributed by atoms with Gasteiger partial charge >= 0.3 is 5.97 Å². The number of halogens is 1. The number of allylic oxidation sites excluding steroid dienone is 1. The number of esters is 1. The first-order valence-corrected chi connectivity index (χ1v) is 21.4. The Morgan fingerprint density at radius 1 is 0.883 bits per heavy atom. The molecule has 0 radical (unpaired) electrons. The third-order valence-electron chi connectivity index (χ3n) is 9.24. The van der Waals surface area contributed by atoms with Gasteiger partial charge in [-0.25, -0.2) is 17.6 Å². The van der Waals surface area contributed by atoms with Crippen molar-refractivity contribution >= 4 is 44.3 Å². The Labute approximate surface area is 348 Å². The molecule has 0 unspecified atom stereocenters. The molecule has 1 aromatic heterocycles. The van der Waals surface area contributed by atoms with E-state index in [-0.39, 0.29) is 62.7 Å². The SMILES string of the molecule is CCOC(=O)/C(O)=C/C(=O)c1cccc(COCCOCCOCCOCCOCCN(c2cc3oc(-c4ccc(F)cc4)c(C(=O)NC)c3cc2C2CC2)S(C)(=O)=O)c1. The molecule has 324 valence electrons. The number of hydrogen-bond donors (Lipinski definition) is 2. The number of benzene rings is 3. The van der Waals surface area contributed by atoms with Crippen molar-refractivity contribution in [1.82, 2.24) is 5.32 Å². The van der Waals surface area contributed by atoms with Crippen LogP contribution < -0.4 is 9.62 Å². The lowest BCUT2D eigenvalue weighted by Gasteiger charge is -2.25. The van der Waals surface area contributed by atoms with Crippen molar-refractivity contribution in [1.29, 1.82) is 0 Å². The van der Waals surface area contributed by atoms with Crippen molar-refractivity contribution in [2.45, 2.75) is 32.3 Å². The van der Waals surface area contributed by atoms with E-state index in [1.807, 2.05) is 6.07 Å². The van der Waals surface area contributed by atoms with E-state index in [0.717, 1.165) is 36.3 Å². The number of fused-ring (bicyclic) bond motifs is 1. The van der Waals surface area contributed by atoms with Gasteiger partial charge in [0.1, 0.15) is 17.2 Å². The average molecular weight is 855 g/mol. The Hall–Kier alpha value is -5.17. The van der Waals surface area contributed by atoms with Gasteiger partial charge in [0.25, 0.3) is 5.91 Å². The summed E-state index contributed by atoms with van der Waals surface area (Å²) in [5, 5.41) is 12.9. The number of nitrogens with one attached hydrogen (secondary N) is 1. The van der Waals surface area contributed by atoms with E-state index in [4.69, 9.17) is 28.1 Å². The molecule has 0 aliphatic heterocycles. The van der Waals surface area contributed by atoms with Crippen molar-refractivity contribution in [3.8, 4) is 11.3 Å². The summed E-state index contributed by atoms with van der Waals surface area (Å²) in [6.07, 6.45) is 3.73. The van der Waals surface area contributed by atoms with Gasteiger partial charge in [-0.15, -0.1) is 0 Å². The number of ketones is 1. The Kier molecular flexibility index (Phi) is 17.2. The summed E-state index contributed by atoms with van der Waals surface area (Å²) in [4.78, 5) is 37.0. The molecule has 15 nitrogen and oxygen atoms in total. The Balaban J connectivity index is 0.983. The monoisotopic (exact) mass is 854 g/mol. The van der Waals surface area contributed by atoms with Gasteiger partial charge in [-0.1, -0.05) is 18.2 Å². The maximum Gasteiger partial charge on any atom is 0.373 e. The summed E-state index contributed by atoms with van der Waals surface area (Å²) in [5.74, 6) is -2.68. The molecule has 3 aromatic carbocycles. The molecule has 17 heteroatoms. The van der Waals surface area contributed by atoms with Crippen molar-refractivity contribution in [2.24, 2.45) is 0 Å². The third-order valence-corrected chi connectivity index (χ3v) is 10.4. The standard InChI is InChI=1S/C43H51FN2O13S/c1-4-58-43(50)38(48)27-37(47)32-7-5-6-29(24-32)28-57-23-22-56-21-20-55-19-18-54-17-16-53-15-14-46(60(3,51)52)36-26-39-35(25-34(36)30-8-9-30)40(42(49)45-2)41(59-39)31-10-12-33(44)13-11-31/h5-7,10-13,24-27,30,48H,4,8-9,14-23,28H2,1-3H3,(H,45,49)/b38-27-. The molecule has 1 amide bonds. The fraction of sp³-hybridized carbons (Fsp3) is 0.419. The van der Waals surface area contributed by atoms with E-state index in [9.17, 15) is 32.3 Å². The van der Waals surface area contributed by atoms with Crippen LogP contribution in [0, 0.1) is 5.82 Å². The molecule has 0 spiro atoms. The summed E-state index contributed by atoms with van der Waals surface area (Å²) >= 11 is 0. The number of hydrogen-bond acceptors (Lipinski definition) is 13. The molecule has 0 atom stereocenters. The predicted molar refractivity (Wildman–Crippen MR) is 220 cm³/mol. The highest BCUT2D eigenvalue weighted by molar-refractivity contribution is 7.92. The smallest absolute Gasteiger partial charge is 0.373 e. The van der Waals surface area contributed by atoms with Crippen LogP contribution in [0.2, 0.25) is 0 Å². The molecule has 60 heavy (non-hydrogen) atoms. The zero-order valence-electron chi connectivity index (χ0n) is 33.9. The second kappa shape index (κ2) is 22.4. The molecule has 1 fully saturated rings. The summed E-state index contributed by atoms with van der Waals surface area (Å²) in [6.45, 7) is 4.59. The van der Waals surface area contributed by atoms with E-state index in [1.165, 1.54) is 35.6 Å². The lowest BCUT2D eigenvalue weighted by molar-refractivity contribution is -0.141. The van der Waals surface area contributed by atoms with Gasteiger partial charge in [0.05, 0.1) is 96.7 Å². The molecule has 1 saturated carbocycles. The number of furan rings is 1. The number of ether oxygens (including phenoxy) is 6. The fourth-order valence-electron chi connectivity index (χ4n) is 6.21. The second-order valence-electron chi connectivity index (χ2n) is 13.7. The van der Waals surface area contributed by atoms with Crippen LogP contribution in [0.15, 0.2) is 76.9 Å². The molecule has 1 aliphatic carbocycles. The number of aliphatic hydroxyl groups excluding tert-OH is 1. The van der Waals surface area contributed by atoms with Crippen molar-refractivity contribution in [3.63, 3.8) is 0 Å². The number of carbonyl (C=O) groups excluding carboxylic acids is 3. The maximum atomic E-state index is 13.7. The quantitative estimate of drug-likeness (QED) is 0.0257. The van der Waals surface area contributed by atoms with Gasteiger partial charge in [-0.05, 0) is 73.2 Å². The van der Waals surface area contributed by atoms with E-state index in [2.05, 4.69) is 10.1 Å². The lowest BCUT2D eigenvalue weighted by Crippen LogP contribution is -2.34. The molecule has 1 heterocycles. The van der Waals surface area contributed by atoms with E-state index >= 15 is 0 Å². The number of carbonyl (C=O) groups is 3. The first-order valence-electron chi connectivity index (χ1n) is 19.6. The molecule has 0 bridgehead atoms. The molecular weight excluding hydrogens is 804 g/mol. The van der Waals surface area contributed by atoms with Crippen molar-refractivity contribution in [3.05, 3.63) is 101 Å². The Bertz CT molecular complexity index is 2220. The minimum atomic E-state index is -3.74. The number of aliphatic hydroxyl groups is 1. The summed E-state index contributed by atoms with van der Waals surface area (Å²) in [6, 6.07) is 15.8. The molecule has 2 N–H and O–H groups in total. The van der Waals surface area contributed by atoms with Crippen LogP contribution >= 0.6 is 0 Å². The highest BCUT2D eigenvalue weighted by Crippen LogP contribution is 2.48. The third kappa shape index (κ3) is 13.2. The van der Waals surface area contributed by atoms with E-state index < -0.39 is 33.4 Å². The Morgan fingerprint density at radius 3 is 2.08 bits per heavy atom. The van der Waals surface area contributed by atoms with Gasteiger partial charge < -0.3 is 43.3 Å². The summed E-state index contributed by atoms with van der Waals surface area (Å²) in [7, 11) is -2.23. The number of rotatable bonds is 26. The molecule has 0 saturated heterocycles. The second-order valence-corrected chi connectivity index (χ2v) is 15.6. The van der Waals surface area contributed by atoms with Crippen LogP contribution in [0.3, 0.4) is 0 Å². The van der Waals surface area contributed by atoms with Crippen molar-refractivity contribution in [2.75, 3.05) is 90.2 Å². The van der Waals surface area contributed by atoms with Gasteiger partial charge in [0.2, 0.25) is 15.8 Å². The van der Waals surface area contributed by atoms with Gasteiger partial charge in [-0.2, -0.15) is 0 Å². The fourth-order valence-corrected chi connectivity index (χ4v) is 7.13. The Morgan fingerprint density at radius 2 is 1.50 bits per heavy atom. The normalized spacial score (nSPS) is 13.1. The topological polar surface area (TPSA) is 189 Å².